The summed E-state index contributed by atoms with van der Waals surface area (Å²) >= 11 is 0. The summed E-state index contributed by atoms with van der Waals surface area (Å²) in [6.07, 6.45) is 0.545. The molecule has 1 N–H and O–H groups in total. The first kappa shape index (κ1) is 12.1. The minimum absolute atomic E-state index is 0.370. The third kappa shape index (κ3) is 3.96. The van der Waals surface area contributed by atoms with E-state index in [9.17, 15) is 13.9 Å². The maximum Gasteiger partial charge on any atom is 0.159 e. The fourth-order valence-electron chi connectivity index (χ4n) is 1.57. The minimum atomic E-state index is -0.857. The van der Waals surface area contributed by atoms with E-state index in [1.807, 2.05) is 13.8 Å². The van der Waals surface area contributed by atoms with Crippen molar-refractivity contribution in [3.63, 3.8) is 0 Å². The highest BCUT2D eigenvalue weighted by molar-refractivity contribution is 5.18. The molecule has 15 heavy (non-hydrogen) atoms. The predicted octanol–water partition coefficient (Wildman–Crippen LogP) is 2.91. The van der Waals surface area contributed by atoms with Crippen molar-refractivity contribution in [1.82, 2.24) is 0 Å². The van der Waals surface area contributed by atoms with Gasteiger partial charge in [0.05, 0.1) is 6.10 Å². The maximum absolute atomic E-state index is 12.8. The van der Waals surface area contributed by atoms with Gasteiger partial charge in [0.15, 0.2) is 11.6 Å². The van der Waals surface area contributed by atoms with Gasteiger partial charge >= 0.3 is 0 Å². The highest BCUT2D eigenvalue weighted by atomic mass is 19.2. The number of hydrogen-bond acceptors (Lipinski definition) is 1. The van der Waals surface area contributed by atoms with Crippen LogP contribution in [0, 0.1) is 17.6 Å². The first-order valence-corrected chi connectivity index (χ1v) is 5.11. The summed E-state index contributed by atoms with van der Waals surface area (Å²) in [5.41, 5.74) is 0.627. The Morgan fingerprint density at radius 1 is 1.20 bits per heavy atom. The molecule has 84 valence electrons. The zero-order valence-electron chi connectivity index (χ0n) is 9.00. The number of hydrogen-bond donors (Lipinski definition) is 1. The summed E-state index contributed by atoms with van der Waals surface area (Å²) in [5.74, 6) is -1.31. The lowest BCUT2D eigenvalue weighted by Gasteiger charge is -2.12. The standard InChI is InChI=1S/C12H16F2O/c1-8(2)5-10(15)6-9-3-4-11(13)12(14)7-9/h3-4,7-8,10,15H,5-6H2,1-2H3. The molecule has 1 atom stereocenters. The Hall–Kier alpha value is -0.960. The zero-order chi connectivity index (χ0) is 11.4. The normalized spacial score (nSPS) is 13.2. The molecule has 0 spiro atoms. The molecule has 0 heterocycles. The van der Waals surface area contributed by atoms with Crippen molar-refractivity contribution in [2.45, 2.75) is 32.8 Å². The molecule has 0 saturated heterocycles. The highest BCUT2D eigenvalue weighted by Gasteiger charge is 2.09. The van der Waals surface area contributed by atoms with Crippen molar-refractivity contribution in [2.24, 2.45) is 5.92 Å². The molecule has 0 aliphatic carbocycles. The van der Waals surface area contributed by atoms with E-state index in [2.05, 4.69) is 0 Å². The van der Waals surface area contributed by atoms with Gasteiger partial charge in [-0.1, -0.05) is 19.9 Å². The van der Waals surface area contributed by atoms with E-state index >= 15 is 0 Å². The maximum atomic E-state index is 12.8. The van der Waals surface area contributed by atoms with Crippen LogP contribution in [0.2, 0.25) is 0 Å². The van der Waals surface area contributed by atoms with Crippen molar-refractivity contribution in [1.29, 1.82) is 0 Å². The lowest BCUT2D eigenvalue weighted by atomic mass is 10.00. The Kier molecular flexibility index (Phi) is 4.21. The van der Waals surface area contributed by atoms with Gasteiger partial charge in [-0.2, -0.15) is 0 Å². The second kappa shape index (κ2) is 5.21. The number of aliphatic hydroxyl groups is 1. The topological polar surface area (TPSA) is 20.2 Å². The van der Waals surface area contributed by atoms with Crippen LogP contribution in [0.15, 0.2) is 18.2 Å². The SMILES string of the molecule is CC(C)CC(O)Cc1ccc(F)c(F)c1. The van der Waals surface area contributed by atoms with Crippen LogP contribution in [0.1, 0.15) is 25.8 Å². The van der Waals surface area contributed by atoms with Gasteiger partial charge in [-0.05, 0) is 36.5 Å². The first-order valence-electron chi connectivity index (χ1n) is 5.11. The molecule has 0 fully saturated rings. The van der Waals surface area contributed by atoms with E-state index in [0.29, 0.717) is 24.3 Å². The van der Waals surface area contributed by atoms with Gasteiger partial charge in [-0.15, -0.1) is 0 Å². The van der Waals surface area contributed by atoms with E-state index in [1.165, 1.54) is 6.07 Å². The van der Waals surface area contributed by atoms with Gasteiger partial charge < -0.3 is 5.11 Å². The Labute approximate surface area is 88.7 Å². The smallest absolute Gasteiger partial charge is 0.159 e. The van der Waals surface area contributed by atoms with Gasteiger partial charge in [0.2, 0.25) is 0 Å². The summed E-state index contributed by atoms with van der Waals surface area (Å²) in [6.45, 7) is 4.02. The monoisotopic (exact) mass is 214 g/mol. The number of rotatable bonds is 4. The van der Waals surface area contributed by atoms with Crippen molar-refractivity contribution < 1.29 is 13.9 Å². The van der Waals surface area contributed by atoms with Crippen molar-refractivity contribution in [2.75, 3.05) is 0 Å². The highest BCUT2D eigenvalue weighted by Crippen LogP contribution is 2.13. The molecule has 0 aromatic heterocycles. The molecule has 3 heteroatoms. The zero-order valence-corrected chi connectivity index (χ0v) is 9.00. The van der Waals surface area contributed by atoms with Crippen LogP contribution in [0.4, 0.5) is 8.78 Å². The lowest BCUT2D eigenvalue weighted by molar-refractivity contribution is 0.149. The van der Waals surface area contributed by atoms with Crippen LogP contribution in [-0.4, -0.2) is 11.2 Å². The average Bonchev–Trinajstić information content (AvgIpc) is 2.10. The van der Waals surface area contributed by atoms with E-state index in [4.69, 9.17) is 0 Å². The van der Waals surface area contributed by atoms with Gasteiger partial charge in [-0.25, -0.2) is 8.78 Å². The van der Waals surface area contributed by atoms with Crippen LogP contribution in [0.5, 0.6) is 0 Å². The van der Waals surface area contributed by atoms with Gasteiger partial charge in [0, 0.05) is 0 Å². The third-order valence-electron chi connectivity index (χ3n) is 2.20. The molecule has 1 aromatic carbocycles. The molecule has 0 aliphatic heterocycles. The molecule has 0 saturated carbocycles. The molecule has 0 radical (unpaired) electrons. The fourth-order valence-corrected chi connectivity index (χ4v) is 1.57. The summed E-state index contributed by atoms with van der Waals surface area (Å²) < 4.78 is 25.4. The average molecular weight is 214 g/mol. The lowest BCUT2D eigenvalue weighted by Crippen LogP contribution is -2.13. The van der Waals surface area contributed by atoms with Crippen LogP contribution < -0.4 is 0 Å². The van der Waals surface area contributed by atoms with Gasteiger partial charge in [0.1, 0.15) is 0 Å². The first-order chi connectivity index (χ1) is 6.99. The second-order valence-electron chi connectivity index (χ2n) is 4.24. The van der Waals surface area contributed by atoms with E-state index in [0.717, 1.165) is 12.1 Å². The number of halogens is 2. The molecular formula is C12H16F2O. The molecule has 1 nitrogen and oxygen atoms in total. The largest absolute Gasteiger partial charge is 0.393 e. The molecule has 0 amide bonds. The summed E-state index contributed by atoms with van der Waals surface area (Å²) in [5, 5.41) is 9.62. The van der Waals surface area contributed by atoms with Crippen molar-refractivity contribution in [3.8, 4) is 0 Å². The Balaban J connectivity index is 2.60. The minimum Gasteiger partial charge on any atom is -0.393 e. The molecule has 0 aliphatic rings. The molecule has 1 rings (SSSR count). The molecule has 0 bridgehead atoms. The number of benzene rings is 1. The van der Waals surface area contributed by atoms with Crippen molar-refractivity contribution >= 4 is 0 Å². The van der Waals surface area contributed by atoms with Gasteiger partial charge in [-0.3, -0.25) is 0 Å². The summed E-state index contributed by atoms with van der Waals surface area (Å²) in [4.78, 5) is 0. The molecule has 1 aromatic rings. The third-order valence-corrected chi connectivity index (χ3v) is 2.20. The Bertz CT molecular complexity index is 323. The Morgan fingerprint density at radius 2 is 1.87 bits per heavy atom. The number of aliphatic hydroxyl groups excluding tert-OH is 1. The van der Waals surface area contributed by atoms with Crippen molar-refractivity contribution in [3.05, 3.63) is 35.4 Å². The summed E-state index contributed by atoms with van der Waals surface area (Å²) in [6, 6.07) is 3.73. The predicted molar refractivity (Wildman–Crippen MR) is 55.5 cm³/mol. The fraction of sp³-hybridized carbons (Fsp3) is 0.500. The van der Waals surface area contributed by atoms with Gasteiger partial charge in [0.25, 0.3) is 0 Å². The molecular weight excluding hydrogens is 198 g/mol. The van der Waals surface area contributed by atoms with Crippen LogP contribution in [0.25, 0.3) is 0 Å². The second-order valence-corrected chi connectivity index (χ2v) is 4.24. The van der Waals surface area contributed by atoms with Crippen LogP contribution >= 0.6 is 0 Å². The van der Waals surface area contributed by atoms with E-state index in [1.54, 1.807) is 0 Å². The summed E-state index contributed by atoms with van der Waals surface area (Å²) in [7, 11) is 0. The van der Waals surface area contributed by atoms with E-state index < -0.39 is 17.7 Å². The Morgan fingerprint density at radius 3 is 2.40 bits per heavy atom. The van der Waals surface area contributed by atoms with Crippen LogP contribution in [0.3, 0.4) is 0 Å². The quantitative estimate of drug-likeness (QED) is 0.817. The molecule has 1 unspecified atom stereocenters. The van der Waals surface area contributed by atoms with E-state index in [-0.39, 0.29) is 0 Å². The van der Waals surface area contributed by atoms with Crippen LogP contribution in [-0.2, 0) is 6.42 Å².